The van der Waals surface area contributed by atoms with Crippen molar-refractivity contribution in [2.75, 3.05) is 6.54 Å². The number of nitrogens with zero attached hydrogens (tertiary/aromatic N) is 1. The Morgan fingerprint density at radius 1 is 1.45 bits per heavy atom. The molecule has 0 radical (unpaired) electrons. The summed E-state index contributed by atoms with van der Waals surface area (Å²) >= 11 is 0. The van der Waals surface area contributed by atoms with E-state index in [9.17, 15) is 13.2 Å². The molecule has 0 atom stereocenters. The standard InChI is InChI=1S/C12H21N3O4S/c1-7(2)12(4,5)6-13-20(18,19)10-8(3)14-15-9(10)11(16)17/h7,13H,6H2,1-5H3,(H,14,15)(H,16,17). The summed E-state index contributed by atoms with van der Waals surface area (Å²) < 4.78 is 27.0. The average molecular weight is 303 g/mol. The minimum atomic E-state index is -3.91. The Bertz CT molecular complexity index is 602. The van der Waals surface area contributed by atoms with Crippen LogP contribution < -0.4 is 4.72 Å². The molecule has 0 amide bonds. The van der Waals surface area contributed by atoms with Crippen LogP contribution in [0.1, 0.15) is 43.9 Å². The zero-order chi connectivity index (χ0) is 15.7. The molecule has 1 aromatic rings. The highest BCUT2D eigenvalue weighted by molar-refractivity contribution is 7.89. The van der Waals surface area contributed by atoms with Crippen LogP contribution in [0.2, 0.25) is 0 Å². The summed E-state index contributed by atoms with van der Waals surface area (Å²) in [6.07, 6.45) is 0. The third kappa shape index (κ3) is 3.37. The Hall–Kier alpha value is -1.41. The fourth-order valence-corrected chi connectivity index (χ4v) is 2.99. The molecule has 0 aromatic carbocycles. The SMILES string of the molecule is Cc1[nH]nc(C(=O)O)c1S(=O)(=O)NCC(C)(C)C(C)C. The number of nitrogens with one attached hydrogen (secondary N) is 2. The zero-order valence-electron chi connectivity index (χ0n) is 12.3. The molecule has 0 aliphatic carbocycles. The highest BCUT2D eigenvalue weighted by Crippen LogP contribution is 2.26. The maximum Gasteiger partial charge on any atom is 0.357 e. The summed E-state index contributed by atoms with van der Waals surface area (Å²) in [5.74, 6) is -1.10. The Labute approximate surface area is 118 Å². The number of hydrogen-bond donors (Lipinski definition) is 3. The van der Waals surface area contributed by atoms with Gasteiger partial charge < -0.3 is 5.11 Å². The van der Waals surface area contributed by atoms with Gasteiger partial charge >= 0.3 is 5.97 Å². The lowest BCUT2D eigenvalue weighted by Gasteiger charge is -2.29. The molecule has 114 valence electrons. The summed E-state index contributed by atoms with van der Waals surface area (Å²) in [5, 5.41) is 14.9. The predicted molar refractivity (Wildman–Crippen MR) is 74.1 cm³/mol. The van der Waals surface area contributed by atoms with Crippen LogP contribution in [-0.4, -0.2) is 36.2 Å². The normalized spacial score (nSPS) is 12.9. The van der Waals surface area contributed by atoms with Crippen LogP contribution in [0.15, 0.2) is 4.90 Å². The first-order chi connectivity index (χ1) is 8.99. The second kappa shape index (κ2) is 5.53. The van der Waals surface area contributed by atoms with E-state index in [1.54, 1.807) is 0 Å². The van der Waals surface area contributed by atoms with Crippen molar-refractivity contribution in [1.29, 1.82) is 0 Å². The molecule has 1 aromatic heterocycles. The summed E-state index contributed by atoms with van der Waals surface area (Å²) in [6.45, 7) is 9.58. The van der Waals surface area contributed by atoms with Gasteiger partial charge in [0.15, 0.2) is 5.69 Å². The number of carbonyl (C=O) groups is 1. The number of sulfonamides is 1. The van der Waals surface area contributed by atoms with Gasteiger partial charge in [-0.1, -0.05) is 27.7 Å². The van der Waals surface area contributed by atoms with Crippen LogP contribution in [0.4, 0.5) is 0 Å². The van der Waals surface area contributed by atoms with Crippen molar-refractivity contribution in [2.45, 2.75) is 39.5 Å². The Morgan fingerprint density at radius 3 is 2.45 bits per heavy atom. The van der Waals surface area contributed by atoms with Gasteiger partial charge in [-0.2, -0.15) is 5.10 Å². The maximum atomic E-state index is 12.3. The van der Waals surface area contributed by atoms with Gasteiger partial charge in [-0.3, -0.25) is 5.10 Å². The number of aromatic nitrogens is 2. The summed E-state index contributed by atoms with van der Waals surface area (Å²) in [7, 11) is -3.91. The Morgan fingerprint density at radius 2 is 2.00 bits per heavy atom. The lowest BCUT2D eigenvalue weighted by Crippen LogP contribution is -2.37. The average Bonchev–Trinajstić information content (AvgIpc) is 2.69. The molecule has 0 bridgehead atoms. The maximum absolute atomic E-state index is 12.3. The van der Waals surface area contributed by atoms with Gasteiger partial charge in [0.25, 0.3) is 0 Å². The number of rotatable bonds is 6. The van der Waals surface area contributed by atoms with Crippen LogP contribution in [0.5, 0.6) is 0 Å². The third-order valence-corrected chi connectivity index (χ3v) is 5.20. The van der Waals surface area contributed by atoms with E-state index in [4.69, 9.17) is 5.11 Å². The summed E-state index contributed by atoms with van der Waals surface area (Å²) in [6, 6.07) is 0. The van der Waals surface area contributed by atoms with E-state index in [-0.39, 0.29) is 28.5 Å². The Kier molecular flexibility index (Phi) is 4.60. The molecule has 20 heavy (non-hydrogen) atoms. The zero-order valence-corrected chi connectivity index (χ0v) is 13.1. The van der Waals surface area contributed by atoms with Gasteiger partial charge in [0, 0.05) is 6.54 Å². The number of aryl methyl sites for hydroxylation is 1. The lowest BCUT2D eigenvalue weighted by atomic mass is 9.81. The predicted octanol–water partition coefficient (Wildman–Crippen LogP) is 1.38. The van der Waals surface area contributed by atoms with Crippen molar-refractivity contribution in [3.63, 3.8) is 0 Å². The molecule has 0 fully saturated rings. The van der Waals surface area contributed by atoms with Crippen molar-refractivity contribution in [2.24, 2.45) is 11.3 Å². The number of aromatic carboxylic acids is 1. The van der Waals surface area contributed by atoms with E-state index in [0.717, 1.165) is 0 Å². The number of H-pyrrole nitrogens is 1. The largest absolute Gasteiger partial charge is 0.476 e. The molecule has 8 heteroatoms. The fourth-order valence-electron chi connectivity index (χ4n) is 1.45. The number of aromatic amines is 1. The lowest BCUT2D eigenvalue weighted by molar-refractivity contribution is 0.0686. The molecule has 0 spiro atoms. The number of carboxylic acid groups (broad SMARTS) is 1. The molecule has 0 saturated heterocycles. The van der Waals surface area contributed by atoms with Crippen molar-refractivity contribution < 1.29 is 18.3 Å². The number of carboxylic acids is 1. The molecular formula is C12H21N3O4S. The van der Waals surface area contributed by atoms with Crippen molar-refractivity contribution in [3.8, 4) is 0 Å². The second-order valence-electron chi connectivity index (χ2n) is 5.80. The minimum Gasteiger partial charge on any atom is -0.476 e. The highest BCUT2D eigenvalue weighted by atomic mass is 32.2. The van der Waals surface area contributed by atoms with E-state index in [1.165, 1.54) is 6.92 Å². The van der Waals surface area contributed by atoms with Crippen molar-refractivity contribution in [3.05, 3.63) is 11.4 Å². The summed E-state index contributed by atoms with van der Waals surface area (Å²) in [5.41, 5.74) is -0.525. The van der Waals surface area contributed by atoms with Gasteiger partial charge in [0.05, 0.1) is 5.69 Å². The first-order valence-corrected chi connectivity index (χ1v) is 7.75. The van der Waals surface area contributed by atoms with E-state index >= 15 is 0 Å². The fraction of sp³-hybridized carbons (Fsp3) is 0.667. The monoisotopic (exact) mass is 303 g/mol. The van der Waals surface area contributed by atoms with Crippen molar-refractivity contribution >= 4 is 16.0 Å². The molecule has 3 N–H and O–H groups in total. The third-order valence-electron chi connectivity index (χ3n) is 3.64. The first-order valence-electron chi connectivity index (χ1n) is 6.27. The van der Waals surface area contributed by atoms with E-state index in [0.29, 0.717) is 0 Å². The smallest absolute Gasteiger partial charge is 0.357 e. The molecule has 1 rings (SSSR count). The van der Waals surface area contributed by atoms with Crippen LogP contribution in [0.25, 0.3) is 0 Å². The molecule has 0 unspecified atom stereocenters. The minimum absolute atomic E-state index is 0.206. The van der Waals surface area contributed by atoms with Gasteiger partial charge in [-0.15, -0.1) is 0 Å². The van der Waals surface area contributed by atoms with Gasteiger partial charge in [-0.05, 0) is 18.3 Å². The van der Waals surface area contributed by atoms with Gasteiger partial charge in [0.2, 0.25) is 10.0 Å². The van der Waals surface area contributed by atoms with Crippen molar-refractivity contribution in [1.82, 2.24) is 14.9 Å². The molecular weight excluding hydrogens is 282 g/mol. The van der Waals surface area contributed by atoms with Crippen LogP contribution in [0, 0.1) is 18.3 Å². The highest BCUT2D eigenvalue weighted by Gasteiger charge is 2.31. The van der Waals surface area contributed by atoms with E-state index in [2.05, 4.69) is 14.9 Å². The van der Waals surface area contributed by atoms with Crippen LogP contribution in [0.3, 0.4) is 0 Å². The summed E-state index contributed by atoms with van der Waals surface area (Å²) in [4.78, 5) is 10.7. The quantitative estimate of drug-likeness (QED) is 0.735. The second-order valence-corrected chi connectivity index (χ2v) is 7.50. The molecule has 0 aliphatic rings. The molecule has 1 heterocycles. The molecule has 0 aliphatic heterocycles. The van der Waals surface area contributed by atoms with Crippen LogP contribution >= 0.6 is 0 Å². The van der Waals surface area contributed by atoms with Gasteiger partial charge in [-0.25, -0.2) is 17.9 Å². The topological polar surface area (TPSA) is 112 Å². The van der Waals surface area contributed by atoms with E-state index in [1.807, 2.05) is 27.7 Å². The van der Waals surface area contributed by atoms with E-state index < -0.39 is 21.7 Å². The van der Waals surface area contributed by atoms with Crippen LogP contribution in [-0.2, 0) is 10.0 Å². The number of hydrogen-bond acceptors (Lipinski definition) is 4. The molecule has 7 nitrogen and oxygen atoms in total. The Balaban J connectivity index is 3.07. The first kappa shape index (κ1) is 16.6. The van der Waals surface area contributed by atoms with Gasteiger partial charge in [0.1, 0.15) is 4.90 Å². The molecule has 0 saturated carbocycles.